The summed E-state index contributed by atoms with van der Waals surface area (Å²) in [5, 5.41) is 0. The van der Waals surface area contributed by atoms with Gasteiger partial charge in [-0.25, -0.2) is 0 Å². The van der Waals surface area contributed by atoms with Gasteiger partial charge in [0.15, 0.2) is 0 Å². The maximum Gasteiger partial charge on any atom is 0.147 e. The minimum Gasteiger partial charge on any atom is -0.491 e. The van der Waals surface area contributed by atoms with Gasteiger partial charge >= 0.3 is 0 Å². The molecule has 5 heteroatoms. The zero-order chi connectivity index (χ0) is 14.5. The third-order valence-electron chi connectivity index (χ3n) is 2.88. The largest absolute Gasteiger partial charge is 0.491 e. The van der Waals surface area contributed by atoms with Gasteiger partial charge < -0.3 is 4.74 Å². The topological polar surface area (TPSA) is 9.23 Å². The molecule has 1 unspecified atom stereocenters. The second-order valence-corrected chi connectivity index (χ2v) is 7.29. The molecule has 0 fully saturated rings. The molecule has 0 N–H and O–H groups in total. The second kappa shape index (κ2) is 7.87. The molecular weight excluding hydrogens is 468 g/mol. The summed E-state index contributed by atoms with van der Waals surface area (Å²) >= 11 is 14.9. The summed E-state index contributed by atoms with van der Waals surface area (Å²) < 4.78 is 8.81. The first-order chi connectivity index (χ1) is 9.61. The molecule has 0 bridgehead atoms. The molecular formula is C15H13Br3OS. The van der Waals surface area contributed by atoms with Crippen LogP contribution < -0.4 is 4.74 Å². The number of rotatable bonds is 5. The fourth-order valence-corrected chi connectivity index (χ4v) is 4.63. The highest BCUT2D eigenvalue weighted by molar-refractivity contribution is 9.11. The van der Waals surface area contributed by atoms with Gasteiger partial charge in [0.05, 0.1) is 15.6 Å². The van der Waals surface area contributed by atoms with Crippen LogP contribution in [0.5, 0.6) is 5.75 Å². The molecule has 1 atom stereocenters. The Morgan fingerprint density at radius 3 is 2.15 bits per heavy atom. The zero-order valence-electron chi connectivity index (χ0n) is 10.5. The Balaban J connectivity index is 2.12. The van der Waals surface area contributed by atoms with Gasteiger partial charge in [-0.2, -0.15) is 12.6 Å². The molecule has 0 saturated heterocycles. The first kappa shape index (κ1) is 16.4. The lowest BCUT2D eigenvalue weighted by atomic mass is 10.0. The van der Waals surface area contributed by atoms with Crippen molar-refractivity contribution < 1.29 is 4.74 Å². The fraction of sp³-hybridized carbons (Fsp3) is 0.200. The maximum absolute atomic E-state index is 5.97. The Morgan fingerprint density at radius 1 is 1.00 bits per heavy atom. The summed E-state index contributed by atoms with van der Waals surface area (Å²) in [6.45, 7) is 0.590. The molecule has 20 heavy (non-hydrogen) atoms. The van der Waals surface area contributed by atoms with Crippen molar-refractivity contribution in [1.82, 2.24) is 0 Å². The Kier molecular flexibility index (Phi) is 6.46. The van der Waals surface area contributed by atoms with Gasteiger partial charge in [0.1, 0.15) is 5.75 Å². The van der Waals surface area contributed by atoms with Crippen molar-refractivity contribution in [1.29, 1.82) is 0 Å². The molecule has 0 heterocycles. The third-order valence-corrected chi connectivity index (χ3v) is 4.96. The molecule has 0 aliphatic rings. The van der Waals surface area contributed by atoms with E-state index < -0.39 is 0 Å². The summed E-state index contributed by atoms with van der Waals surface area (Å²) in [7, 11) is 0. The molecule has 0 aliphatic carbocycles. The number of benzene rings is 2. The van der Waals surface area contributed by atoms with E-state index in [9.17, 15) is 0 Å². The highest BCUT2D eigenvalue weighted by Crippen LogP contribution is 2.37. The molecule has 0 aromatic heterocycles. The lowest BCUT2D eigenvalue weighted by Gasteiger charge is -2.17. The Morgan fingerprint density at radius 2 is 1.60 bits per heavy atom. The van der Waals surface area contributed by atoms with Crippen molar-refractivity contribution in [2.75, 3.05) is 12.4 Å². The first-order valence-corrected chi connectivity index (χ1v) is 9.06. The van der Waals surface area contributed by atoms with Gasteiger partial charge in [0, 0.05) is 16.1 Å². The highest BCUT2D eigenvalue weighted by atomic mass is 79.9. The lowest BCUT2D eigenvalue weighted by Crippen LogP contribution is -2.12. The molecule has 0 spiro atoms. The van der Waals surface area contributed by atoms with Gasteiger partial charge in [-0.1, -0.05) is 46.3 Å². The average molecular weight is 481 g/mol. The molecule has 0 amide bonds. The van der Waals surface area contributed by atoms with Crippen molar-refractivity contribution in [3.8, 4) is 5.75 Å². The van der Waals surface area contributed by atoms with E-state index in [-0.39, 0.29) is 5.92 Å². The SMILES string of the molecule is SCC(COc1c(Br)cc(Br)cc1Br)c1ccccc1. The molecule has 2 aromatic rings. The molecule has 1 nitrogen and oxygen atoms in total. The number of hydrogen-bond donors (Lipinski definition) is 1. The molecule has 2 aromatic carbocycles. The van der Waals surface area contributed by atoms with E-state index in [4.69, 9.17) is 4.74 Å². The Labute approximate surface area is 149 Å². The van der Waals surface area contributed by atoms with E-state index in [0.717, 1.165) is 24.9 Å². The summed E-state index contributed by atoms with van der Waals surface area (Å²) in [6.07, 6.45) is 0. The number of thiol groups is 1. The predicted octanol–water partition coefficient (Wildman–Crippen LogP) is 6.07. The van der Waals surface area contributed by atoms with Gasteiger partial charge in [-0.3, -0.25) is 0 Å². The van der Waals surface area contributed by atoms with Gasteiger partial charge in [-0.05, 0) is 49.6 Å². The van der Waals surface area contributed by atoms with Gasteiger partial charge in [0.25, 0.3) is 0 Å². The van der Waals surface area contributed by atoms with E-state index >= 15 is 0 Å². The van der Waals surface area contributed by atoms with Crippen LogP contribution in [-0.2, 0) is 0 Å². The van der Waals surface area contributed by atoms with E-state index in [0.29, 0.717) is 6.61 Å². The number of ether oxygens (including phenoxy) is 1. The van der Waals surface area contributed by atoms with Gasteiger partial charge in [-0.15, -0.1) is 0 Å². The van der Waals surface area contributed by atoms with E-state index in [1.165, 1.54) is 5.56 Å². The predicted molar refractivity (Wildman–Crippen MR) is 98.1 cm³/mol. The fourth-order valence-electron chi connectivity index (χ4n) is 1.83. The quantitative estimate of drug-likeness (QED) is 0.511. The Hall–Kier alpha value is 0.0300. The first-order valence-electron chi connectivity index (χ1n) is 6.05. The smallest absolute Gasteiger partial charge is 0.147 e. The second-order valence-electron chi connectivity index (χ2n) is 4.30. The van der Waals surface area contributed by atoms with Crippen LogP contribution in [-0.4, -0.2) is 12.4 Å². The van der Waals surface area contributed by atoms with Crippen LogP contribution in [0.15, 0.2) is 55.9 Å². The molecule has 0 saturated carbocycles. The van der Waals surface area contributed by atoms with Crippen molar-refractivity contribution in [2.24, 2.45) is 0 Å². The standard InChI is InChI=1S/C15H13Br3OS/c16-12-6-13(17)15(14(18)7-12)19-8-11(9-20)10-4-2-1-3-5-10/h1-7,11,20H,8-9H2. The van der Waals surface area contributed by atoms with Gasteiger partial charge in [0.2, 0.25) is 0 Å². The van der Waals surface area contributed by atoms with Crippen molar-refractivity contribution in [3.63, 3.8) is 0 Å². The summed E-state index contributed by atoms with van der Waals surface area (Å²) in [5.74, 6) is 1.83. The Bertz CT molecular complexity index is 552. The zero-order valence-corrected chi connectivity index (χ0v) is 16.2. The van der Waals surface area contributed by atoms with Crippen LogP contribution in [0, 0.1) is 0 Å². The molecule has 2 rings (SSSR count). The summed E-state index contributed by atoms with van der Waals surface area (Å²) in [6, 6.07) is 14.2. The van der Waals surface area contributed by atoms with Crippen LogP contribution >= 0.6 is 60.4 Å². The van der Waals surface area contributed by atoms with Crippen LogP contribution in [0.4, 0.5) is 0 Å². The number of halogens is 3. The van der Waals surface area contributed by atoms with E-state index in [2.05, 4.69) is 72.6 Å². The normalized spacial score (nSPS) is 12.2. The van der Waals surface area contributed by atoms with Crippen LogP contribution in [0.1, 0.15) is 11.5 Å². The summed E-state index contributed by atoms with van der Waals surface area (Å²) in [5.41, 5.74) is 1.24. The van der Waals surface area contributed by atoms with Crippen LogP contribution in [0.3, 0.4) is 0 Å². The van der Waals surface area contributed by atoms with E-state index in [1.807, 2.05) is 30.3 Å². The number of hydrogen-bond acceptors (Lipinski definition) is 2. The summed E-state index contributed by atoms with van der Waals surface area (Å²) in [4.78, 5) is 0. The average Bonchev–Trinajstić information content (AvgIpc) is 2.43. The molecule has 106 valence electrons. The van der Waals surface area contributed by atoms with Crippen LogP contribution in [0.2, 0.25) is 0 Å². The maximum atomic E-state index is 5.97. The van der Waals surface area contributed by atoms with Crippen molar-refractivity contribution >= 4 is 60.4 Å². The van der Waals surface area contributed by atoms with Crippen molar-refractivity contribution in [2.45, 2.75) is 5.92 Å². The van der Waals surface area contributed by atoms with Crippen molar-refractivity contribution in [3.05, 3.63) is 61.4 Å². The highest BCUT2D eigenvalue weighted by Gasteiger charge is 2.13. The van der Waals surface area contributed by atoms with Crippen LogP contribution in [0.25, 0.3) is 0 Å². The lowest BCUT2D eigenvalue weighted by molar-refractivity contribution is 0.294. The minimum atomic E-state index is 0.266. The third kappa shape index (κ3) is 4.26. The molecule has 0 aliphatic heterocycles. The monoisotopic (exact) mass is 478 g/mol. The molecule has 0 radical (unpaired) electrons. The minimum absolute atomic E-state index is 0.266. The van der Waals surface area contributed by atoms with E-state index in [1.54, 1.807) is 0 Å².